The van der Waals surface area contributed by atoms with Gasteiger partial charge in [-0.05, 0) is 25.5 Å². The second-order valence-corrected chi connectivity index (χ2v) is 3.98. The zero-order valence-electron chi connectivity index (χ0n) is 8.74. The van der Waals surface area contributed by atoms with Crippen molar-refractivity contribution < 1.29 is 9.53 Å². The van der Waals surface area contributed by atoms with Gasteiger partial charge in [0.25, 0.3) is 0 Å². The fraction of sp³-hybridized carbons (Fsp3) is 0.900. The van der Waals surface area contributed by atoms with Crippen molar-refractivity contribution in [1.82, 2.24) is 4.90 Å². The van der Waals surface area contributed by atoms with Gasteiger partial charge in [-0.25, -0.2) is 0 Å². The summed E-state index contributed by atoms with van der Waals surface area (Å²) in [6, 6.07) is 0. The Morgan fingerprint density at radius 3 is 3.07 bits per heavy atom. The molecule has 0 aromatic carbocycles. The molecule has 0 aromatic rings. The lowest BCUT2D eigenvalue weighted by atomic mass is 10.1. The van der Waals surface area contributed by atoms with Gasteiger partial charge in [0, 0.05) is 26.1 Å². The van der Waals surface area contributed by atoms with Gasteiger partial charge in [0.15, 0.2) is 0 Å². The van der Waals surface area contributed by atoms with Crippen LogP contribution in [0.4, 0.5) is 0 Å². The van der Waals surface area contributed by atoms with E-state index in [-0.39, 0.29) is 12.0 Å². The highest BCUT2D eigenvalue weighted by Crippen LogP contribution is 2.14. The standard InChI is InChI=1S/C10H19NO2S/c1-2-13-9-4-3-6-11(8-9)10(12)5-7-14/h9,14H,2-8H2,1H3. The van der Waals surface area contributed by atoms with E-state index in [1.54, 1.807) is 0 Å². The van der Waals surface area contributed by atoms with Crippen molar-refractivity contribution in [3.63, 3.8) is 0 Å². The van der Waals surface area contributed by atoms with Crippen LogP contribution in [0.5, 0.6) is 0 Å². The molecule has 0 saturated carbocycles. The van der Waals surface area contributed by atoms with E-state index in [1.165, 1.54) is 0 Å². The van der Waals surface area contributed by atoms with E-state index in [4.69, 9.17) is 4.74 Å². The van der Waals surface area contributed by atoms with E-state index in [2.05, 4.69) is 12.6 Å². The number of carbonyl (C=O) groups is 1. The molecular weight excluding hydrogens is 198 g/mol. The maximum atomic E-state index is 11.6. The normalized spacial score (nSPS) is 22.4. The Hall–Kier alpha value is -0.220. The molecule has 0 radical (unpaired) electrons. The maximum Gasteiger partial charge on any atom is 0.223 e. The molecule has 1 atom stereocenters. The van der Waals surface area contributed by atoms with Crippen LogP contribution in [0, 0.1) is 0 Å². The van der Waals surface area contributed by atoms with Crippen LogP contribution in [0.3, 0.4) is 0 Å². The van der Waals surface area contributed by atoms with Gasteiger partial charge in [-0.3, -0.25) is 4.79 Å². The molecule has 0 N–H and O–H groups in total. The first kappa shape index (κ1) is 11.9. The SMILES string of the molecule is CCOC1CCCN(C(=O)CCS)C1. The Kier molecular flexibility index (Phi) is 5.33. The van der Waals surface area contributed by atoms with E-state index in [0.717, 1.165) is 32.5 Å². The fourth-order valence-electron chi connectivity index (χ4n) is 1.79. The number of ether oxygens (including phenoxy) is 1. The van der Waals surface area contributed by atoms with E-state index in [0.29, 0.717) is 12.2 Å². The lowest BCUT2D eigenvalue weighted by molar-refractivity contribution is -0.134. The highest BCUT2D eigenvalue weighted by molar-refractivity contribution is 7.80. The molecule has 1 unspecified atom stereocenters. The van der Waals surface area contributed by atoms with Gasteiger partial charge in [-0.15, -0.1) is 0 Å². The molecule has 3 nitrogen and oxygen atoms in total. The summed E-state index contributed by atoms with van der Waals surface area (Å²) in [6.07, 6.45) is 2.93. The first-order valence-corrected chi connectivity index (χ1v) is 5.91. The predicted octanol–water partition coefficient (Wildman–Crippen LogP) is 1.33. The second-order valence-electron chi connectivity index (χ2n) is 3.53. The summed E-state index contributed by atoms with van der Waals surface area (Å²) in [6.45, 7) is 4.38. The molecule has 0 bridgehead atoms. The van der Waals surface area contributed by atoms with Gasteiger partial charge in [0.1, 0.15) is 0 Å². The Balaban J connectivity index is 2.35. The van der Waals surface area contributed by atoms with Crippen molar-refractivity contribution in [2.75, 3.05) is 25.4 Å². The van der Waals surface area contributed by atoms with Gasteiger partial charge >= 0.3 is 0 Å². The number of carbonyl (C=O) groups excluding carboxylic acids is 1. The van der Waals surface area contributed by atoms with Crippen molar-refractivity contribution in [1.29, 1.82) is 0 Å². The van der Waals surface area contributed by atoms with E-state index in [1.807, 2.05) is 11.8 Å². The Morgan fingerprint density at radius 2 is 2.43 bits per heavy atom. The number of thiol groups is 1. The van der Waals surface area contributed by atoms with E-state index in [9.17, 15) is 4.79 Å². The molecule has 1 saturated heterocycles. The maximum absolute atomic E-state index is 11.6. The highest BCUT2D eigenvalue weighted by atomic mass is 32.1. The molecule has 4 heteroatoms. The summed E-state index contributed by atoms with van der Waals surface area (Å²) in [5.74, 6) is 0.846. The fourth-order valence-corrected chi connectivity index (χ4v) is 1.98. The predicted molar refractivity (Wildman–Crippen MR) is 59.7 cm³/mol. The molecule has 14 heavy (non-hydrogen) atoms. The largest absolute Gasteiger partial charge is 0.377 e. The van der Waals surface area contributed by atoms with Gasteiger partial charge in [0.05, 0.1) is 6.10 Å². The third-order valence-corrected chi connectivity index (χ3v) is 2.68. The topological polar surface area (TPSA) is 29.5 Å². The lowest BCUT2D eigenvalue weighted by Gasteiger charge is -2.32. The molecule has 82 valence electrons. The summed E-state index contributed by atoms with van der Waals surface area (Å²) in [5, 5.41) is 0. The number of likely N-dealkylation sites (tertiary alicyclic amines) is 1. The molecule has 1 rings (SSSR count). The quantitative estimate of drug-likeness (QED) is 0.720. The zero-order chi connectivity index (χ0) is 10.4. The summed E-state index contributed by atoms with van der Waals surface area (Å²) in [5.41, 5.74) is 0. The van der Waals surface area contributed by atoms with Gasteiger partial charge in [0.2, 0.25) is 5.91 Å². The summed E-state index contributed by atoms with van der Waals surface area (Å²) < 4.78 is 5.53. The first-order valence-electron chi connectivity index (χ1n) is 5.28. The minimum absolute atomic E-state index is 0.212. The first-order chi connectivity index (χ1) is 6.77. The molecule has 0 spiro atoms. The van der Waals surface area contributed by atoms with Crippen molar-refractivity contribution >= 4 is 18.5 Å². The molecular formula is C10H19NO2S. The van der Waals surface area contributed by atoms with Gasteiger partial charge < -0.3 is 9.64 Å². The molecule has 1 aliphatic heterocycles. The van der Waals surface area contributed by atoms with Crippen LogP contribution in [-0.2, 0) is 9.53 Å². The molecule has 1 amide bonds. The molecule has 0 aliphatic carbocycles. The molecule has 1 fully saturated rings. The van der Waals surface area contributed by atoms with Crippen LogP contribution in [0.2, 0.25) is 0 Å². The van der Waals surface area contributed by atoms with Crippen molar-refractivity contribution in [2.45, 2.75) is 32.3 Å². The van der Waals surface area contributed by atoms with Crippen LogP contribution in [0.15, 0.2) is 0 Å². The lowest BCUT2D eigenvalue weighted by Crippen LogP contribution is -2.43. The molecule has 0 aromatic heterocycles. The Morgan fingerprint density at radius 1 is 1.64 bits per heavy atom. The number of hydrogen-bond donors (Lipinski definition) is 1. The van der Waals surface area contributed by atoms with E-state index >= 15 is 0 Å². The van der Waals surface area contributed by atoms with Gasteiger partial charge in [-0.1, -0.05) is 0 Å². The molecule has 1 heterocycles. The average molecular weight is 217 g/mol. The van der Waals surface area contributed by atoms with Crippen molar-refractivity contribution in [3.8, 4) is 0 Å². The minimum Gasteiger partial charge on any atom is -0.377 e. The average Bonchev–Trinajstić information content (AvgIpc) is 2.19. The zero-order valence-corrected chi connectivity index (χ0v) is 9.63. The van der Waals surface area contributed by atoms with Crippen molar-refractivity contribution in [3.05, 3.63) is 0 Å². The van der Waals surface area contributed by atoms with Crippen LogP contribution >= 0.6 is 12.6 Å². The van der Waals surface area contributed by atoms with Crippen molar-refractivity contribution in [2.24, 2.45) is 0 Å². The minimum atomic E-state index is 0.212. The second kappa shape index (κ2) is 6.30. The number of amides is 1. The van der Waals surface area contributed by atoms with Crippen LogP contribution in [0.1, 0.15) is 26.2 Å². The number of hydrogen-bond acceptors (Lipinski definition) is 3. The Bertz CT molecular complexity index is 185. The Labute approximate surface area is 91.2 Å². The molecule has 1 aliphatic rings. The third-order valence-electron chi connectivity index (χ3n) is 2.46. The summed E-state index contributed by atoms with van der Waals surface area (Å²) in [4.78, 5) is 13.5. The smallest absolute Gasteiger partial charge is 0.223 e. The number of piperidine rings is 1. The van der Waals surface area contributed by atoms with E-state index < -0.39 is 0 Å². The third kappa shape index (κ3) is 3.50. The number of rotatable bonds is 4. The van der Waals surface area contributed by atoms with Crippen LogP contribution < -0.4 is 0 Å². The van der Waals surface area contributed by atoms with Crippen LogP contribution in [-0.4, -0.2) is 42.4 Å². The summed E-state index contributed by atoms with van der Waals surface area (Å²) in [7, 11) is 0. The van der Waals surface area contributed by atoms with Gasteiger partial charge in [-0.2, -0.15) is 12.6 Å². The monoisotopic (exact) mass is 217 g/mol. The highest BCUT2D eigenvalue weighted by Gasteiger charge is 2.22. The summed E-state index contributed by atoms with van der Waals surface area (Å²) >= 11 is 4.06. The van der Waals surface area contributed by atoms with Crippen LogP contribution in [0.25, 0.3) is 0 Å². The number of nitrogens with zero attached hydrogens (tertiary/aromatic N) is 1.